The molecule has 2 N–H and O–H groups in total. The second-order valence-electron chi connectivity index (χ2n) is 3.81. The average molecular weight is 261 g/mol. The number of rotatable bonds is 2. The summed E-state index contributed by atoms with van der Waals surface area (Å²) in [6.45, 7) is 1.15. The van der Waals surface area contributed by atoms with Gasteiger partial charge >= 0.3 is 0 Å². The number of β-amino-alcohol motifs (C(OH)–C–C–N with tert-alkyl or cyclic N) is 1. The molecule has 0 radical (unpaired) electrons. The van der Waals surface area contributed by atoms with E-state index in [1.165, 1.54) is 11.3 Å². The zero-order valence-electron chi connectivity index (χ0n) is 8.81. The molecule has 1 fully saturated rings. The van der Waals surface area contributed by atoms with Crippen LogP contribution in [0.2, 0.25) is 5.02 Å². The van der Waals surface area contributed by atoms with Crippen molar-refractivity contribution in [3.8, 4) is 0 Å². The molecular weight excluding hydrogens is 248 g/mol. The third kappa shape index (κ3) is 2.08. The standard InChI is InChI=1S/C10H13ClN2O2S/c1-13(7-4-12-5-8(7)14)10(15)9-6(11)2-3-16-9/h2-3,7-8,12,14H,4-5H2,1H3/t7-,8-/m1/s1. The Labute approximate surface area is 103 Å². The van der Waals surface area contributed by atoms with E-state index in [0.717, 1.165) is 0 Å². The number of nitrogens with one attached hydrogen (secondary N) is 1. The molecule has 0 aliphatic carbocycles. The molecule has 4 nitrogen and oxygen atoms in total. The quantitative estimate of drug-likeness (QED) is 0.827. The molecule has 1 aromatic rings. The van der Waals surface area contributed by atoms with Crippen LogP contribution >= 0.6 is 22.9 Å². The predicted molar refractivity (Wildman–Crippen MR) is 64.1 cm³/mol. The number of carbonyl (C=O) groups excluding carboxylic acids is 1. The molecule has 0 bridgehead atoms. The van der Waals surface area contributed by atoms with Gasteiger partial charge in [-0.05, 0) is 11.4 Å². The highest BCUT2D eigenvalue weighted by atomic mass is 35.5. The Balaban J connectivity index is 2.13. The highest BCUT2D eigenvalue weighted by Crippen LogP contribution is 2.24. The summed E-state index contributed by atoms with van der Waals surface area (Å²) in [5.74, 6) is -0.132. The molecule has 0 unspecified atom stereocenters. The van der Waals surface area contributed by atoms with Crippen LogP contribution < -0.4 is 5.32 Å². The van der Waals surface area contributed by atoms with Crippen LogP contribution in [0, 0.1) is 0 Å². The second-order valence-corrected chi connectivity index (χ2v) is 5.13. The van der Waals surface area contributed by atoms with Crippen molar-refractivity contribution in [2.75, 3.05) is 20.1 Å². The number of carbonyl (C=O) groups is 1. The molecular formula is C10H13ClN2O2S. The van der Waals surface area contributed by atoms with Gasteiger partial charge in [-0.1, -0.05) is 11.6 Å². The van der Waals surface area contributed by atoms with Crippen LogP contribution in [0.25, 0.3) is 0 Å². The van der Waals surface area contributed by atoms with Gasteiger partial charge in [0.25, 0.3) is 5.91 Å². The van der Waals surface area contributed by atoms with Crippen LogP contribution in [0.1, 0.15) is 9.67 Å². The van der Waals surface area contributed by atoms with Gasteiger partial charge in [-0.3, -0.25) is 4.79 Å². The summed E-state index contributed by atoms with van der Waals surface area (Å²) in [5, 5.41) is 15.0. The van der Waals surface area contributed by atoms with E-state index in [1.807, 2.05) is 0 Å². The van der Waals surface area contributed by atoms with Crippen molar-refractivity contribution >= 4 is 28.8 Å². The molecule has 0 saturated carbocycles. The van der Waals surface area contributed by atoms with Gasteiger partial charge in [0.2, 0.25) is 0 Å². The second kappa shape index (κ2) is 4.71. The molecule has 6 heteroatoms. The summed E-state index contributed by atoms with van der Waals surface area (Å²) >= 11 is 7.23. The number of nitrogens with zero attached hydrogens (tertiary/aromatic N) is 1. The first-order valence-corrected chi connectivity index (χ1v) is 6.26. The lowest BCUT2D eigenvalue weighted by Gasteiger charge is -2.26. The van der Waals surface area contributed by atoms with E-state index in [9.17, 15) is 9.90 Å². The first-order chi connectivity index (χ1) is 7.61. The lowest BCUT2D eigenvalue weighted by molar-refractivity contribution is 0.0586. The van der Waals surface area contributed by atoms with Gasteiger partial charge in [0.05, 0.1) is 17.2 Å². The molecule has 16 heavy (non-hydrogen) atoms. The van der Waals surface area contributed by atoms with Gasteiger partial charge in [0.15, 0.2) is 0 Å². The summed E-state index contributed by atoms with van der Waals surface area (Å²) in [7, 11) is 1.69. The molecule has 1 amide bonds. The maximum absolute atomic E-state index is 12.1. The summed E-state index contributed by atoms with van der Waals surface area (Å²) in [6.07, 6.45) is -0.507. The molecule has 2 rings (SSSR count). The third-order valence-electron chi connectivity index (χ3n) is 2.78. The SMILES string of the molecule is CN(C(=O)c1sccc1Cl)[C@@H]1CNC[C@H]1O. The van der Waals surface area contributed by atoms with E-state index < -0.39 is 6.10 Å². The van der Waals surface area contributed by atoms with Gasteiger partial charge in [-0.15, -0.1) is 11.3 Å². The van der Waals surface area contributed by atoms with E-state index in [2.05, 4.69) is 5.32 Å². The van der Waals surface area contributed by atoms with Crippen molar-refractivity contribution in [1.82, 2.24) is 10.2 Å². The number of halogens is 1. The van der Waals surface area contributed by atoms with Crippen LogP contribution in [-0.2, 0) is 0 Å². The molecule has 2 atom stereocenters. The maximum Gasteiger partial charge on any atom is 0.265 e. The lowest BCUT2D eigenvalue weighted by Crippen LogP contribution is -2.44. The highest BCUT2D eigenvalue weighted by Gasteiger charge is 2.32. The minimum atomic E-state index is -0.507. The van der Waals surface area contributed by atoms with E-state index >= 15 is 0 Å². The third-order valence-corrected chi connectivity index (χ3v) is 4.11. The van der Waals surface area contributed by atoms with Gasteiger partial charge in [-0.2, -0.15) is 0 Å². The van der Waals surface area contributed by atoms with Crippen molar-refractivity contribution in [3.05, 3.63) is 21.3 Å². The molecule has 0 spiro atoms. The molecule has 0 aromatic carbocycles. The Morgan fingerprint density at radius 1 is 1.69 bits per heavy atom. The van der Waals surface area contributed by atoms with Gasteiger partial charge in [0.1, 0.15) is 4.88 Å². The fraction of sp³-hybridized carbons (Fsp3) is 0.500. The number of aliphatic hydroxyl groups is 1. The van der Waals surface area contributed by atoms with E-state index in [4.69, 9.17) is 11.6 Å². The summed E-state index contributed by atoms with van der Waals surface area (Å²) in [4.78, 5) is 14.2. The number of hydrogen-bond acceptors (Lipinski definition) is 4. The molecule has 88 valence electrons. The van der Waals surface area contributed by atoms with Crippen LogP contribution in [-0.4, -0.2) is 48.2 Å². The van der Waals surface area contributed by atoms with Crippen LogP contribution in [0.5, 0.6) is 0 Å². The van der Waals surface area contributed by atoms with Crippen molar-refractivity contribution in [2.45, 2.75) is 12.1 Å². The van der Waals surface area contributed by atoms with Crippen molar-refractivity contribution in [1.29, 1.82) is 0 Å². The molecule has 1 aliphatic heterocycles. The fourth-order valence-corrected chi connectivity index (χ4v) is 2.92. The van der Waals surface area contributed by atoms with Crippen LogP contribution in [0.3, 0.4) is 0 Å². The van der Waals surface area contributed by atoms with Crippen LogP contribution in [0.4, 0.5) is 0 Å². The predicted octanol–water partition coefficient (Wildman–Crippen LogP) is 0.806. The largest absolute Gasteiger partial charge is 0.390 e. The molecule has 1 aliphatic rings. The Morgan fingerprint density at radius 3 is 2.94 bits per heavy atom. The first-order valence-electron chi connectivity index (χ1n) is 5.00. The average Bonchev–Trinajstić information content (AvgIpc) is 2.85. The minimum absolute atomic E-state index is 0.132. The van der Waals surface area contributed by atoms with E-state index in [1.54, 1.807) is 23.4 Å². The van der Waals surface area contributed by atoms with E-state index in [0.29, 0.717) is 23.0 Å². The summed E-state index contributed by atoms with van der Waals surface area (Å²) in [5.41, 5.74) is 0. The molecule has 1 saturated heterocycles. The lowest BCUT2D eigenvalue weighted by atomic mass is 10.2. The van der Waals surface area contributed by atoms with Gasteiger partial charge < -0.3 is 15.3 Å². The number of aliphatic hydroxyl groups excluding tert-OH is 1. The highest BCUT2D eigenvalue weighted by molar-refractivity contribution is 7.12. The number of thiophene rings is 1. The Morgan fingerprint density at radius 2 is 2.44 bits per heavy atom. The Hall–Kier alpha value is -0.620. The Bertz CT molecular complexity index is 396. The minimum Gasteiger partial charge on any atom is -0.390 e. The normalized spacial score (nSPS) is 24.7. The van der Waals surface area contributed by atoms with Crippen molar-refractivity contribution < 1.29 is 9.90 Å². The Kier molecular flexibility index (Phi) is 3.49. The fourth-order valence-electron chi connectivity index (χ4n) is 1.80. The summed E-state index contributed by atoms with van der Waals surface area (Å²) < 4.78 is 0. The molecule has 1 aromatic heterocycles. The van der Waals surface area contributed by atoms with Gasteiger partial charge in [-0.25, -0.2) is 0 Å². The van der Waals surface area contributed by atoms with E-state index in [-0.39, 0.29) is 11.9 Å². The maximum atomic E-state index is 12.1. The van der Waals surface area contributed by atoms with Crippen molar-refractivity contribution in [3.63, 3.8) is 0 Å². The zero-order valence-corrected chi connectivity index (χ0v) is 10.4. The van der Waals surface area contributed by atoms with Crippen molar-refractivity contribution in [2.24, 2.45) is 0 Å². The van der Waals surface area contributed by atoms with Gasteiger partial charge in [0, 0.05) is 20.1 Å². The van der Waals surface area contributed by atoms with Crippen LogP contribution in [0.15, 0.2) is 11.4 Å². The first kappa shape index (κ1) is 11.9. The number of likely N-dealkylation sites (N-methyl/N-ethyl adjacent to an activating group) is 1. The summed E-state index contributed by atoms with van der Waals surface area (Å²) in [6, 6.07) is 1.53. The monoisotopic (exact) mass is 260 g/mol. The topological polar surface area (TPSA) is 52.6 Å². The zero-order chi connectivity index (χ0) is 11.7. The number of amides is 1. The smallest absolute Gasteiger partial charge is 0.265 e. The number of hydrogen-bond donors (Lipinski definition) is 2. The molecule has 2 heterocycles.